The molecule has 1 saturated heterocycles. The number of carbonyl (C=O) groups is 1. The molecule has 1 aliphatic rings. The van der Waals surface area contributed by atoms with Gasteiger partial charge in [0.25, 0.3) is 5.91 Å². The van der Waals surface area contributed by atoms with E-state index in [1.54, 1.807) is 11.3 Å². The summed E-state index contributed by atoms with van der Waals surface area (Å²) in [7, 11) is 4.14. The summed E-state index contributed by atoms with van der Waals surface area (Å²) in [6, 6.07) is 2.40. The molecule has 0 spiro atoms. The second-order valence-corrected chi connectivity index (χ2v) is 6.59. The lowest BCUT2D eigenvalue weighted by Crippen LogP contribution is -2.34. The van der Waals surface area contributed by atoms with Gasteiger partial charge in [-0.2, -0.15) is 0 Å². The third kappa shape index (κ3) is 2.47. The zero-order chi connectivity index (χ0) is 11.7. The average molecular weight is 303 g/mol. The van der Waals surface area contributed by atoms with Crippen LogP contribution in [-0.2, 0) is 0 Å². The van der Waals surface area contributed by atoms with Gasteiger partial charge in [-0.3, -0.25) is 4.79 Å². The molecule has 1 fully saturated rings. The number of amides is 1. The molecule has 1 unspecified atom stereocenters. The van der Waals surface area contributed by atoms with Gasteiger partial charge >= 0.3 is 0 Å². The summed E-state index contributed by atoms with van der Waals surface area (Å²) in [6.07, 6.45) is 1.07. The quantitative estimate of drug-likeness (QED) is 0.837. The summed E-state index contributed by atoms with van der Waals surface area (Å²) >= 11 is 4.94. The van der Waals surface area contributed by atoms with Gasteiger partial charge < -0.3 is 9.80 Å². The highest BCUT2D eigenvalue weighted by atomic mass is 79.9. The zero-order valence-electron chi connectivity index (χ0n) is 9.44. The number of hydrogen-bond acceptors (Lipinski definition) is 3. The lowest BCUT2D eigenvalue weighted by atomic mass is 10.2. The van der Waals surface area contributed by atoms with Gasteiger partial charge in [0.1, 0.15) is 0 Å². The first kappa shape index (κ1) is 12.1. The van der Waals surface area contributed by atoms with Crippen molar-refractivity contribution < 1.29 is 4.79 Å². The van der Waals surface area contributed by atoms with Gasteiger partial charge in [-0.1, -0.05) is 0 Å². The normalized spacial score (nSPS) is 20.8. The molecule has 16 heavy (non-hydrogen) atoms. The standard InChI is InChI=1S/C11H15BrN2OS/c1-13(2)9-3-4-14(6-9)11(15)8-5-10(12)16-7-8/h5,7,9H,3-4,6H2,1-2H3. The summed E-state index contributed by atoms with van der Waals surface area (Å²) in [5, 5.41) is 1.91. The van der Waals surface area contributed by atoms with Crippen molar-refractivity contribution in [3.8, 4) is 0 Å². The van der Waals surface area contributed by atoms with Crippen molar-refractivity contribution in [1.82, 2.24) is 9.80 Å². The molecule has 0 radical (unpaired) electrons. The van der Waals surface area contributed by atoms with Gasteiger partial charge in [0, 0.05) is 24.5 Å². The summed E-state index contributed by atoms with van der Waals surface area (Å²) in [5.74, 6) is 0.159. The van der Waals surface area contributed by atoms with Crippen LogP contribution in [0.2, 0.25) is 0 Å². The van der Waals surface area contributed by atoms with Crippen molar-refractivity contribution in [2.75, 3.05) is 27.2 Å². The lowest BCUT2D eigenvalue weighted by molar-refractivity contribution is 0.0783. The van der Waals surface area contributed by atoms with Crippen LogP contribution in [0.25, 0.3) is 0 Å². The minimum atomic E-state index is 0.159. The first-order valence-electron chi connectivity index (χ1n) is 5.27. The van der Waals surface area contributed by atoms with Crippen LogP contribution < -0.4 is 0 Å². The topological polar surface area (TPSA) is 23.6 Å². The number of likely N-dealkylation sites (tertiary alicyclic amines) is 1. The predicted molar refractivity (Wildman–Crippen MR) is 70.0 cm³/mol. The fraction of sp³-hybridized carbons (Fsp3) is 0.545. The molecular weight excluding hydrogens is 288 g/mol. The largest absolute Gasteiger partial charge is 0.337 e. The summed E-state index contributed by atoms with van der Waals surface area (Å²) in [6.45, 7) is 1.72. The van der Waals surface area contributed by atoms with E-state index in [0.717, 1.165) is 28.9 Å². The Balaban J connectivity index is 2.02. The van der Waals surface area contributed by atoms with E-state index in [4.69, 9.17) is 0 Å². The van der Waals surface area contributed by atoms with E-state index < -0.39 is 0 Å². The Kier molecular flexibility index (Phi) is 3.66. The molecule has 0 saturated carbocycles. The van der Waals surface area contributed by atoms with Crippen molar-refractivity contribution >= 4 is 33.2 Å². The molecule has 1 atom stereocenters. The monoisotopic (exact) mass is 302 g/mol. The van der Waals surface area contributed by atoms with Crippen molar-refractivity contribution in [3.05, 3.63) is 20.8 Å². The fourth-order valence-electron chi connectivity index (χ4n) is 1.95. The Bertz CT molecular complexity index is 391. The number of rotatable bonds is 2. The van der Waals surface area contributed by atoms with E-state index in [-0.39, 0.29) is 5.91 Å². The zero-order valence-corrected chi connectivity index (χ0v) is 11.8. The Morgan fingerprint density at radius 3 is 2.88 bits per heavy atom. The summed E-state index contributed by atoms with van der Waals surface area (Å²) in [4.78, 5) is 16.3. The highest BCUT2D eigenvalue weighted by Gasteiger charge is 2.28. The first-order valence-corrected chi connectivity index (χ1v) is 6.95. The molecule has 1 aliphatic heterocycles. The highest BCUT2D eigenvalue weighted by molar-refractivity contribution is 9.11. The third-order valence-electron chi connectivity index (χ3n) is 3.00. The Morgan fingerprint density at radius 2 is 2.38 bits per heavy atom. The number of likely N-dealkylation sites (N-methyl/N-ethyl adjacent to an activating group) is 1. The van der Waals surface area contributed by atoms with Crippen LogP contribution in [0.15, 0.2) is 15.2 Å². The number of carbonyl (C=O) groups excluding carboxylic acids is 1. The molecule has 0 bridgehead atoms. The van der Waals surface area contributed by atoms with Crippen molar-refractivity contribution in [3.63, 3.8) is 0 Å². The molecule has 88 valence electrons. The third-order valence-corrected chi connectivity index (χ3v) is 4.50. The molecule has 5 heteroatoms. The molecule has 0 aliphatic carbocycles. The number of thiophene rings is 1. The average Bonchev–Trinajstić information content (AvgIpc) is 2.84. The summed E-state index contributed by atoms with van der Waals surface area (Å²) < 4.78 is 1.01. The molecule has 2 heterocycles. The Labute approximate surface area is 108 Å². The molecule has 0 N–H and O–H groups in total. The fourth-order valence-corrected chi connectivity index (χ4v) is 3.08. The maximum absolute atomic E-state index is 12.1. The number of nitrogens with zero attached hydrogens (tertiary/aromatic N) is 2. The SMILES string of the molecule is CN(C)C1CCN(C(=O)c2csc(Br)c2)C1. The van der Waals surface area contributed by atoms with E-state index in [0.29, 0.717) is 6.04 Å². The maximum Gasteiger partial charge on any atom is 0.254 e. The van der Waals surface area contributed by atoms with Crippen molar-refractivity contribution in [2.24, 2.45) is 0 Å². The summed E-state index contributed by atoms with van der Waals surface area (Å²) in [5.41, 5.74) is 0.802. The second-order valence-electron chi connectivity index (χ2n) is 4.30. The highest BCUT2D eigenvalue weighted by Crippen LogP contribution is 2.23. The first-order chi connectivity index (χ1) is 7.58. The van der Waals surface area contributed by atoms with Crippen LogP contribution in [0.5, 0.6) is 0 Å². The van der Waals surface area contributed by atoms with E-state index in [2.05, 4.69) is 34.9 Å². The van der Waals surface area contributed by atoms with Crippen LogP contribution >= 0.6 is 27.3 Å². The van der Waals surface area contributed by atoms with Crippen molar-refractivity contribution in [2.45, 2.75) is 12.5 Å². The predicted octanol–water partition coefficient (Wildman–Crippen LogP) is 2.29. The Morgan fingerprint density at radius 1 is 1.62 bits per heavy atom. The minimum Gasteiger partial charge on any atom is -0.337 e. The van der Waals surface area contributed by atoms with Crippen LogP contribution in [-0.4, -0.2) is 48.9 Å². The molecule has 1 amide bonds. The van der Waals surface area contributed by atoms with Crippen LogP contribution in [0, 0.1) is 0 Å². The van der Waals surface area contributed by atoms with E-state index >= 15 is 0 Å². The minimum absolute atomic E-state index is 0.159. The van der Waals surface area contributed by atoms with Gasteiger partial charge in [0.2, 0.25) is 0 Å². The van der Waals surface area contributed by atoms with Gasteiger partial charge in [-0.15, -0.1) is 11.3 Å². The molecule has 2 rings (SSSR count). The second kappa shape index (κ2) is 4.85. The Hall–Kier alpha value is -0.390. The molecular formula is C11H15BrN2OS. The van der Waals surface area contributed by atoms with Gasteiger partial charge in [-0.05, 0) is 42.5 Å². The molecule has 1 aromatic heterocycles. The molecule has 3 nitrogen and oxygen atoms in total. The van der Waals surface area contributed by atoms with Gasteiger partial charge in [0.15, 0.2) is 0 Å². The van der Waals surface area contributed by atoms with Crippen LogP contribution in [0.3, 0.4) is 0 Å². The van der Waals surface area contributed by atoms with E-state index in [1.165, 1.54) is 0 Å². The maximum atomic E-state index is 12.1. The van der Waals surface area contributed by atoms with Gasteiger partial charge in [-0.25, -0.2) is 0 Å². The van der Waals surface area contributed by atoms with Crippen LogP contribution in [0.1, 0.15) is 16.8 Å². The number of hydrogen-bond donors (Lipinski definition) is 0. The molecule has 1 aromatic rings. The van der Waals surface area contributed by atoms with Crippen molar-refractivity contribution in [1.29, 1.82) is 0 Å². The lowest BCUT2D eigenvalue weighted by Gasteiger charge is -2.20. The molecule has 0 aromatic carbocycles. The smallest absolute Gasteiger partial charge is 0.254 e. The van der Waals surface area contributed by atoms with Crippen LogP contribution in [0.4, 0.5) is 0 Å². The van der Waals surface area contributed by atoms with E-state index in [1.807, 2.05) is 16.3 Å². The van der Waals surface area contributed by atoms with E-state index in [9.17, 15) is 4.79 Å². The van der Waals surface area contributed by atoms with Gasteiger partial charge in [0.05, 0.1) is 9.35 Å². The number of halogens is 1.